The molecule has 0 aliphatic carbocycles. The van der Waals surface area contributed by atoms with Crippen molar-refractivity contribution >= 4 is 17.8 Å². The topological polar surface area (TPSA) is 102 Å². The van der Waals surface area contributed by atoms with Gasteiger partial charge in [0.15, 0.2) is 0 Å². The van der Waals surface area contributed by atoms with E-state index >= 15 is 0 Å². The Morgan fingerprint density at radius 3 is 2.20 bits per heavy atom. The maximum absolute atomic E-state index is 14.1. The summed E-state index contributed by atoms with van der Waals surface area (Å²) in [5.41, 5.74) is 0.694. The third kappa shape index (κ3) is 17.3. The van der Waals surface area contributed by atoms with Crippen molar-refractivity contribution < 1.29 is 42.1 Å². The minimum Gasteiger partial charge on any atom is -0.481 e. The average molecular weight is 652 g/mol. The van der Waals surface area contributed by atoms with Crippen LogP contribution in [0.5, 0.6) is 5.75 Å². The summed E-state index contributed by atoms with van der Waals surface area (Å²) in [6.45, 7) is 3.09. The average Bonchev–Trinajstić information content (AvgIpc) is 3.03. The molecule has 0 fully saturated rings. The first-order valence-corrected chi connectivity index (χ1v) is 16.4. The van der Waals surface area contributed by atoms with Crippen molar-refractivity contribution in [3.63, 3.8) is 0 Å². The highest BCUT2D eigenvalue weighted by molar-refractivity contribution is 5.90. The normalized spacial score (nSPS) is 13.3. The lowest BCUT2D eigenvalue weighted by molar-refractivity contribution is -0.148. The number of halogens is 3. The molecule has 3 atom stereocenters. The molecule has 0 aliphatic heterocycles. The molecule has 0 aliphatic rings. The number of nitrogens with one attached hydrogen (secondary N) is 1. The van der Waals surface area contributed by atoms with E-state index in [1.807, 2.05) is 0 Å². The fourth-order valence-electron chi connectivity index (χ4n) is 5.09. The first kappa shape index (κ1) is 40.5. The Hall–Kier alpha value is -3.48. The number of esters is 1. The molecular formula is C36H52F3NO6. The monoisotopic (exact) mass is 651 g/mol. The van der Waals surface area contributed by atoms with Gasteiger partial charge in [-0.05, 0) is 56.7 Å². The van der Waals surface area contributed by atoms with Crippen LogP contribution in [-0.4, -0.2) is 55.3 Å². The van der Waals surface area contributed by atoms with E-state index < -0.39 is 48.3 Å². The van der Waals surface area contributed by atoms with Gasteiger partial charge in [0.1, 0.15) is 18.4 Å². The Kier molecular flexibility index (Phi) is 21.0. The van der Waals surface area contributed by atoms with Crippen LogP contribution >= 0.6 is 0 Å². The molecule has 0 radical (unpaired) electrons. The van der Waals surface area contributed by atoms with Crippen LogP contribution in [0.3, 0.4) is 0 Å². The number of aliphatic carboxylic acids is 1. The predicted octanol–water partition coefficient (Wildman–Crippen LogP) is 7.86. The molecule has 0 aromatic heterocycles. The van der Waals surface area contributed by atoms with Crippen LogP contribution in [0.15, 0.2) is 36.4 Å². The number of unbranched alkanes of at least 4 members (excludes halogenated alkanes) is 8. The van der Waals surface area contributed by atoms with Gasteiger partial charge in [0.05, 0.1) is 25.6 Å². The third-order valence-corrected chi connectivity index (χ3v) is 7.78. The second-order valence-electron chi connectivity index (χ2n) is 11.5. The van der Waals surface area contributed by atoms with Crippen LogP contribution in [0.1, 0.15) is 103 Å². The number of carbonyl (C=O) groups is 3. The summed E-state index contributed by atoms with van der Waals surface area (Å²) in [6.07, 6.45) is 10.1. The van der Waals surface area contributed by atoms with E-state index in [1.54, 1.807) is 37.3 Å². The van der Waals surface area contributed by atoms with E-state index in [1.165, 1.54) is 13.2 Å². The van der Waals surface area contributed by atoms with Gasteiger partial charge in [-0.25, -0.2) is 13.6 Å². The number of carboxylic acid groups (broad SMARTS) is 1. The molecule has 1 amide bonds. The summed E-state index contributed by atoms with van der Waals surface area (Å²) in [7, 11) is 1.18. The number of alkyl halides is 3. The molecule has 0 saturated heterocycles. The van der Waals surface area contributed by atoms with Crippen molar-refractivity contribution in [2.24, 2.45) is 11.8 Å². The van der Waals surface area contributed by atoms with E-state index in [-0.39, 0.29) is 32.3 Å². The molecule has 1 aromatic carbocycles. The molecule has 258 valence electrons. The Bertz CT molecular complexity index is 1110. The van der Waals surface area contributed by atoms with E-state index in [4.69, 9.17) is 9.47 Å². The molecule has 0 spiro atoms. The number of hydrogen-bond acceptors (Lipinski definition) is 5. The standard InChI is InChI=1S/C36H52F3NO6/c1-4-6-8-12-15-23-36(38,39)24-16-13-10-9-11-14-17-30(31(22-25-37)34(42)43)33(41)40-32(35(44)45-3)27-28-18-20-29(21-19-28)46-26-7-5-2/h14,17-21,30-32H,4,6,8-13,15-16,22-27H2,1-3H3,(H,40,41)(H,42,43)/b17-14+/t30-,31?,32-/m0/s1. The number of hydrogen-bond donors (Lipinski definition) is 2. The number of rotatable bonds is 25. The smallest absolute Gasteiger partial charge is 0.328 e. The second kappa shape index (κ2) is 23.8. The van der Waals surface area contributed by atoms with Gasteiger partial charge >= 0.3 is 11.9 Å². The first-order chi connectivity index (χ1) is 22.1. The van der Waals surface area contributed by atoms with Gasteiger partial charge in [-0.3, -0.25) is 14.0 Å². The van der Waals surface area contributed by atoms with Crippen LogP contribution in [0.2, 0.25) is 0 Å². The van der Waals surface area contributed by atoms with Crippen LogP contribution < -0.4 is 10.1 Å². The third-order valence-electron chi connectivity index (χ3n) is 7.78. The van der Waals surface area contributed by atoms with E-state index in [9.17, 15) is 32.7 Å². The molecule has 1 unspecified atom stereocenters. The molecule has 2 N–H and O–H groups in total. The zero-order chi connectivity index (χ0) is 34.2. The Morgan fingerprint density at radius 1 is 1.00 bits per heavy atom. The SMILES string of the molecule is CC#CCOc1ccc(C[C@H](NC(=O)[C@@H](/C=C/CCCCCCC(F)(F)CCCCCCC)C(CCF)C(=O)O)C(=O)OC)cc1. The van der Waals surface area contributed by atoms with Crippen molar-refractivity contribution in [2.75, 3.05) is 20.4 Å². The van der Waals surface area contributed by atoms with Crippen LogP contribution in [-0.2, 0) is 25.5 Å². The Morgan fingerprint density at radius 2 is 1.63 bits per heavy atom. The van der Waals surface area contributed by atoms with Crippen molar-refractivity contribution in [1.29, 1.82) is 0 Å². The largest absolute Gasteiger partial charge is 0.481 e. The summed E-state index contributed by atoms with van der Waals surface area (Å²) in [6, 6.07) is 5.76. The van der Waals surface area contributed by atoms with Gasteiger partial charge in [0.25, 0.3) is 0 Å². The predicted molar refractivity (Wildman–Crippen MR) is 173 cm³/mol. The molecule has 7 nitrogen and oxygen atoms in total. The molecule has 1 rings (SSSR count). The lowest BCUT2D eigenvalue weighted by Crippen LogP contribution is -2.47. The number of allylic oxidation sites excluding steroid dienone is 1. The summed E-state index contributed by atoms with van der Waals surface area (Å²) in [5.74, 6) is -1.88. The van der Waals surface area contributed by atoms with E-state index in [0.717, 1.165) is 25.7 Å². The van der Waals surface area contributed by atoms with Crippen LogP contribution in [0.4, 0.5) is 13.2 Å². The van der Waals surface area contributed by atoms with Gasteiger partial charge < -0.3 is 19.9 Å². The summed E-state index contributed by atoms with van der Waals surface area (Å²) in [4.78, 5) is 37.9. The highest BCUT2D eigenvalue weighted by Crippen LogP contribution is 2.28. The fourth-order valence-corrected chi connectivity index (χ4v) is 5.09. The number of ether oxygens (including phenoxy) is 2. The maximum Gasteiger partial charge on any atom is 0.328 e. The maximum atomic E-state index is 14.1. The minimum absolute atomic E-state index is 0.0697. The minimum atomic E-state index is -2.64. The number of carboxylic acids is 1. The quantitative estimate of drug-likeness (QED) is 0.0483. The summed E-state index contributed by atoms with van der Waals surface area (Å²) in [5, 5.41) is 12.4. The van der Waals surface area contributed by atoms with Gasteiger partial charge in [0, 0.05) is 19.3 Å². The molecule has 1 aromatic rings. The molecule has 0 heterocycles. The molecular weight excluding hydrogens is 599 g/mol. The Balaban J connectivity index is 2.76. The van der Waals surface area contributed by atoms with Crippen molar-refractivity contribution in [3.8, 4) is 17.6 Å². The lowest BCUT2D eigenvalue weighted by Gasteiger charge is -2.23. The van der Waals surface area contributed by atoms with Crippen molar-refractivity contribution in [2.45, 2.75) is 116 Å². The zero-order valence-electron chi connectivity index (χ0n) is 27.6. The lowest BCUT2D eigenvalue weighted by atomic mass is 9.87. The van der Waals surface area contributed by atoms with Crippen molar-refractivity contribution in [3.05, 3.63) is 42.0 Å². The number of benzene rings is 1. The molecule has 46 heavy (non-hydrogen) atoms. The molecule has 10 heteroatoms. The van der Waals surface area contributed by atoms with E-state index in [2.05, 4.69) is 24.1 Å². The van der Waals surface area contributed by atoms with E-state index in [0.29, 0.717) is 49.8 Å². The first-order valence-electron chi connectivity index (χ1n) is 16.4. The van der Waals surface area contributed by atoms with Gasteiger partial charge in [-0.1, -0.05) is 75.7 Å². The van der Waals surface area contributed by atoms with Crippen LogP contribution in [0, 0.1) is 23.7 Å². The highest BCUT2D eigenvalue weighted by atomic mass is 19.3. The van der Waals surface area contributed by atoms with Gasteiger partial charge in [-0.15, -0.1) is 5.92 Å². The second-order valence-corrected chi connectivity index (χ2v) is 11.5. The zero-order valence-corrected chi connectivity index (χ0v) is 27.6. The van der Waals surface area contributed by atoms with Gasteiger partial charge in [0.2, 0.25) is 11.8 Å². The van der Waals surface area contributed by atoms with Crippen LogP contribution in [0.25, 0.3) is 0 Å². The highest BCUT2D eigenvalue weighted by Gasteiger charge is 2.34. The van der Waals surface area contributed by atoms with Crippen molar-refractivity contribution in [1.82, 2.24) is 5.32 Å². The summed E-state index contributed by atoms with van der Waals surface area (Å²) >= 11 is 0. The number of carbonyl (C=O) groups excluding carboxylic acids is 2. The summed E-state index contributed by atoms with van der Waals surface area (Å²) < 4.78 is 51.9. The Labute approximate surface area is 272 Å². The van der Waals surface area contributed by atoms with Gasteiger partial charge in [-0.2, -0.15) is 0 Å². The molecule has 0 bridgehead atoms. The fraction of sp³-hybridized carbons (Fsp3) is 0.639. The number of methoxy groups -OCH3 is 1. The molecule has 0 saturated carbocycles. The number of amides is 1.